The topological polar surface area (TPSA) is 42.0 Å². The Bertz CT molecular complexity index is 549. The minimum absolute atomic E-state index is 0.108. The number of hydrogen-bond donors (Lipinski definition) is 1. The maximum absolute atomic E-state index is 11.6. The highest BCUT2D eigenvalue weighted by Gasteiger charge is 2.04. The first-order valence-corrected chi connectivity index (χ1v) is 6.25. The van der Waals surface area contributed by atoms with E-state index in [1.807, 2.05) is 38.1 Å². The number of nitrogens with zero attached hydrogens (tertiary/aromatic N) is 1. The molecule has 0 radical (unpaired) electrons. The predicted molar refractivity (Wildman–Crippen MR) is 73.0 cm³/mol. The fraction of sp³-hybridized carbons (Fsp3) is 0.333. The first-order chi connectivity index (χ1) is 8.65. The molecule has 0 saturated carbocycles. The lowest BCUT2D eigenvalue weighted by Gasteiger charge is -2.07. The Balaban J connectivity index is 2.01. The smallest absolute Gasteiger partial charge is 0.220 e. The summed E-state index contributed by atoms with van der Waals surface area (Å²) in [5.41, 5.74) is 2.09. The van der Waals surface area contributed by atoms with E-state index in [9.17, 15) is 4.79 Å². The molecule has 0 aliphatic heterocycles. The Morgan fingerprint density at radius 2 is 2.17 bits per heavy atom. The second-order valence-corrected chi connectivity index (χ2v) is 4.91. The molecule has 2 rings (SSSR count). The fourth-order valence-electron chi connectivity index (χ4n) is 1.88. The van der Waals surface area contributed by atoms with E-state index in [-0.39, 0.29) is 5.91 Å². The average molecular weight is 242 g/mol. The van der Waals surface area contributed by atoms with Gasteiger partial charge in [-0.3, -0.25) is 9.78 Å². The molecule has 0 spiro atoms. The Morgan fingerprint density at radius 3 is 2.94 bits per heavy atom. The number of rotatable bonds is 4. The summed E-state index contributed by atoms with van der Waals surface area (Å²) in [7, 11) is 0. The summed E-state index contributed by atoms with van der Waals surface area (Å²) >= 11 is 0. The molecule has 0 aliphatic rings. The first kappa shape index (κ1) is 12.6. The second kappa shape index (κ2) is 5.63. The molecule has 0 saturated heterocycles. The average Bonchev–Trinajstić information content (AvgIpc) is 2.35. The van der Waals surface area contributed by atoms with Crippen LogP contribution in [0, 0.1) is 5.92 Å². The summed E-state index contributed by atoms with van der Waals surface area (Å²) in [6.07, 6.45) is 2.36. The van der Waals surface area contributed by atoms with Crippen LogP contribution in [0.3, 0.4) is 0 Å². The molecule has 18 heavy (non-hydrogen) atoms. The van der Waals surface area contributed by atoms with Gasteiger partial charge in [0.15, 0.2) is 0 Å². The van der Waals surface area contributed by atoms with Crippen molar-refractivity contribution in [3.8, 4) is 0 Å². The van der Waals surface area contributed by atoms with Crippen molar-refractivity contribution in [2.24, 2.45) is 5.92 Å². The van der Waals surface area contributed by atoms with Crippen molar-refractivity contribution in [3.05, 3.63) is 42.1 Å². The maximum Gasteiger partial charge on any atom is 0.220 e. The number of pyridine rings is 1. The number of nitrogens with one attached hydrogen (secondary N) is 1. The molecular formula is C15H18N2O. The monoisotopic (exact) mass is 242 g/mol. The Hall–Kier alpha value is -1.90. The zero-order valence-corrected chi connectivity index (χ0v) is 10.8. The summed E-state index contributed by atoms with van der Waals surface area (Å²) in [5.74, 6) is 0.502. The standard InChI is InChI=1S/C15H18N2O/c1-11(2)8-15(18)17-10-12-5-6-14-13(9-12)4-3-7-16-14/h3-7,9,11H,8,10H2,1-2H3,(H,17,18). The summed E-state index contributed by atoms with van der Waals surface area (Å²) < 4.78 is 0. The highest BCUT2D eigenvalue weighted by atomic mass is 16.1. The van der Waals surface area contributed by atoms with Crippen LogP contribution in [-0.2, 0) is 11.3 Å². The second-order valence-electron chi connectivity index (χ2n) is 4.91. The number of benzene rings is 1. The Morgan fingerprint density at radius 1 is 1.33 bits per heavy atom. The zero-order valence-electron chi connectivity index (χ0n) is 10.8. The number of fused-ring (bicyclic) bond motifs is 1. The quantitative estimate of drug-likeness (QED) is 0.895. The van der Waals surface area contributed by atoms with Gasteiger partial charge in [0.05, 0.1) is 5.52 Å². The van der Waals surface area contributed by atoms with Crippen molar-refractivity contribution < 1.29 is 4.79 Å². The van der Waals surface area contributed by atoms with E-state index in [1.54, 1.807) is 6.20 Å². The summed E-state index contributed by atoms with van der Waals surface area (Å²) in [5, 5.41) is 4.04. The van der Waals surface area contributed by atoms with E-state index in [1.165, 1.54) is 0 Å². The van der Waals surface area contributed by atoms with Gasteiger partial charge in [-0.1, -0.05) is 26.0 Å². The number of hydrogen-bond acceptors (Lipinski definition) is 2. The lowest BCUT2D eigenvalue weighted by molar-refractivity contribution is -0.121. The molecular weight excluding hydrogens is 224 g/mol. The van der Waals surface area contributed by atoms with Crippen molar-refractivity contribution in [2.45, 2.75) is 26.8 Å². The molecule has 3 heteroatoms. The van der Waals surface area contributed by atoms with Crippen molar-refractivity contribution in [2.75, 3.05) is 0 Å². The van der Waals surface area contributed by atoms with Crippen molar-refractivity contribution >= 4 is 16.8 Å². The van der Waals surface area contributed by atoms with Gasteiger partial charge in [0, 0.05) is 24.5 Å². The van der Waals surface area contributed by atoms with E-state index in [0.29, 0.717) is 18.9 Å². The van der Waals surface area contributed by atoms with E-state index in [0.717, 1.165) is 16.5 Å². The zero-order chi connectivity index (χ0) is 13.0. The third kappa shape index (κ3) is 3.29. The number of carbonyl (C=O) groups excluding carboxylic acids is 1. The predicted octanol–water partition coefficient (Wildman–Crippen LogP) is 2.90. The normalized spacial score (nSPS) is 10.8. The van der Waals surface area contributed by atoms with Gasteiger partial charge in [0.2, 0.25) is 5.91 Å². The minimum atomic E-state index is 0.108. The third-order valence-corrected chi connectivity index (χ3v) is 2.75. The van der Waals surface area contributed by atoms with Gasteiger partial charge in [0.1, 0.15) is 0 Å². The molecule has 94 valence electrons. The lowest BCUT2D eigenvalue weighted by Crippen LogP contribution is -2.23. The van der Waals surface area contributed by atoms with Crippen LogP contribution in [0.5, 0.6) is 0 Å². The minimum Gasteiger partial charge on any atom is -0.352 e. The van der Waals surface area contributed by atoms with Gasteiger partial charge in [-0.25, -0.2) is 0 Å². The molecule has 1 aromatic carbocycles. The summed E-state index contributed by atoms with van der Waals surface area (Å²) in [6.45, 7) is 4.67. The molecule has 0 unspecified atom stereocenters. The van der Waals surface area contributed by atoms with E-state index >= 15 is 0 Å². The highest BCUT2D eigenvalue weighted by molar-refractivity contribution is 5.79. The van der Waals surface area contributed by atoms with Gasteiger partial charge >= 0.3 is 0 Å². The summed E-state index contributed by atoms with van der Waals surface area (Å²) in [6, 6.07) is 10.0. The molecule has 0 bridgehead atoms. The van der Waals surface area contributed by atoms with Gasteiger partial charge in [-0.15, -0.1) is 0 Å². The molecule has 2 aromatic rings. The van der Waals surface area contributed by atoms with Crippen LogP contribution < -0.4 is 5.32 Å². The third-order valence-electron chi connectivity index (χ3n) is 2.75. The number of carbonyl (C=O) groups is 1. The molecule has 0 fully saturated rings. The fourth-order valence-corrected chi connectivity index (χ4v) is 1.88. The number of amides is 1. The van der Waals surface area contributed by atoms with Crippen LogP contribution in [0.2, 0.25) is 0 Å². The molecule has 0 atom stereocenters. The first-order valence-electron chi connectivity index (χ1n) is 6.25. The molecule has 0 aliphatic carbocycles. The van der Waals surface area contributed by atoms with Crippen LogP contribution >= 0.6 is 0 Å². The van der Waals surface area contributed by atoms with Crippen molar-refractivity contribution in [3.63, 3.8) is 0 Å². The summed E-state index contributed by atoms with van der Waals surface area (Å²) in [4.78, 5) is 15.8. The van der Waals surface area contributed by atoms with Crippen molar-refractivity contribution in [1.29, 1.82) is 0 Å². The lowest BCUT2D eigenvalue weighted by atomic mass is 10.1. The van der Waals surface area contributed by atoms with Gasteiger partial charge in [-0.2, -0.15) is 0 Å². The Kier molecular flexibility index (Phi) is 3.92. The van der Waals surface area contributed by atoms with Crippen molar-refractivity contribution in [1.82, 2.24) is 10.3 Å². The van der Waals surface area contributed by atoms with E-state index < -0.39 is 0 Å². The van der Waals surface area contributed by atoms with Gasteiger partial charge < -0.3 is 5.32 Å². The molecule has 1 aromatic heterocycles. The molecule has 1 amide bonds. The van der Waals surface area contributed by atoms with E-state index in [2.05, 4.69) is 16.4 Å². The van der Waals surface area contributed by atoms with Crippen LogP contribution in [0.1, 0.15) is 25.8 Å². The maximum atomic E-state index is 11.6. The Labute approximate surface area is 107 Å². The van der Waals surface area contributed by atoms with Gasteiger partial charge in [-0.05, 0) is 29.7 Å². The van der Waals surface area contributed by atoms with Crippen LogP contribution in [0.15, 0.2) is 36.5 Å². The highest BCUT2D eigenvalue weighted by Crippen LogP contribution is 2.13. The van der Waals surface area contributed by atoms with Gasteiger partial charge in [0.25, 0.3) is 0 Å². The number of aromatic nitrogens is 1. The largest absolute Gasteiger partial charge is 0.352 e. The van der Waals surface area contributed by atoms with Crippen LogP contribution in [0.25, 0.3) is 10.9 Å². The SMILES string of the molecule is CC(C)CC(=O)NCc1ccc2ncccc2c1. The molecule has 1 heterocycles. The van der Waals surface area contributed by atoms with E-state index in [4.69, 9.17) is 0 Å². The molecule has 3 nitrogen and oxygen atoms in total. The molecule has 1 N–H and O–H groups in total. The van der Waals surface area contributed by atoms with Crippen LogP contribution in [0.4, 0.5) is 0 Å². The van der Waals surface area contributed by atoms with Crippen LogP contribution in [-0.4, -0.2) is 10.9 Å².